The number of ether oxygens (including phenoxy) is 1. The van der Waals surface area contributed by atoms with Crippen LogP contribution in [0.4, 0.5) is 19.0 Å². The fourth-order valence-electron chi connectivity index (χ4n) is 2.67. The second-order valence-electron chi connectivity index (χ2n) is 5.39. The van der Waals surface area contributed by atoms with E-state index >= 15 is 0 Å². The van der Waals surface area contributed by atoms with E-state index in [0.717, 1.165) is 7.11 Å². The van der Waals surface area contributed by atoms with Crippen LogP contribution in [0, 0.1) is 11.3 Å². The Balaban J connectivity index is 2.41. The number of nitrogens with one attached hydrogen (secondary N) is 1. The van der Waals surface area contributed by atoms with Gasteiger partial charge in [0.2, 0.25) is 5.91 Å². The number of hydrogen-bond acceptors (Lipinski definition) is 6. The first-order chi connectivity index (χ1) is 10.7. The van der Waals surface area contributed by atoms with Gasteiger partial charge in [-0.3, -0.25) is 9.59 Å². The number of hydrogen-bond donors (Lipinski definition) is 2. The van der Waals surface area contributed by atoms with E-state index in [9.17, 15) is 22.8 Å². The van der Waals surface area contributed by atoms with Crippen LogP contribution in [-0.4, -0.2) is 41.9 Å². The zero-order valence-electron chi connectivity index (χ0n) is 12.2. The highest BCUT2D eigenvalue weighted by Crippen LogP contribution is 2.41. The molecule has 1 aromatic heterocycles. The zero-order valence-corrected chi connectivity index (χ0v) is 12.2. The summed E-state index contributed by atoms with van der Waals surface area (Å²) < 4.78 is 43.7. The summed E-state index contributed by atoms with van der Waals surface area (Å²) in [6.45, 7) is -0.572. The van der Waals surface area contributed by atoms with Crippen molar-refractivity contribution in [1.29, 1.82) is 0 Å². The molecule has 1 fully saturated rings. The molecule has 0 spiro atoms. The van der Waals surface area contributed by atoms with Gasteiger partial charge in [0, 0.05) is 6.54 Å². The molecule has 7 nitrogen and oxygen atoms in total. The summed E-state index contributed by atoms with van der Waals surface area (Å²) in [6.07, 6.45) is -4.30. The lowest BCUT2D eigenvalue weighted by Crippen LogP contribution is -2.57. The van der Waals surface area contributed by atoms with Gasteiger partial charge in [0.05, 0.1) is 19.2 Å². The van der Waals surface area contributed by atoms with Crippen molar-refractivity contribution in [1.82, 2.24) is 15.5 Å². The number of nitrogens with two attached hydrogens (primary N) is 1. The van der Waals surface area contributed by atoms with Gasteiger partial charge in [-0.25, -0.2) is 0 Å². The fraction of sp³-hybridized carbons (Fsp3) is 0.538. The molecule has 0 aromatic carbocycles. The molecule has 0 saturated carbocycles. The number of aromatic nitrogens is 2. The molecule has 1 amide bonds. The Morgan fingerprint density at radius 2 is 2.26 bits per heavy atom. The highest BCUT2D eigenvalue weighted by molar-refractivity contribution is 6.03. The molecule has 1 unspecified atom stereocenters. The van der Waals surface area contributed by atoms with Gasteiger partial charge in [-0.15, -0.1) is 5.10 Å². The van der Waals surface area contributed by atoms with Crippen molar-refractivity contribution in [2.75, 3.05) is 19.4 Å². The lowest BCUT2D eigenvalue weighted by atomic mass is 9.71. The van der Waals surface area contributed by atoms with Crippen molar-refractivity contribution in [3.63, 3.8) is 0 Å². The van der Waals surface area contributed by atoms with Crippen LogP contribution in [0.15, 0.2) is 12.3 Å². The normalized spacial score (nSPS) is 24.9. The number of esters is 1. The molecule has 1 aromatic rings. The van der Waals surface area contributed by atoms with Crippen molar-refractivity contribution in [2.45, 2.75) is 19.0 Å². The maximum Gasteiger partial charge on any atom is 0.393 e. The topological polar surface area (TPSA) is 107 Å². The van der Waals surface area contributed by atoms with Crippen molar-refractivity contribution in [3.8, 4) is 0 Å². The van der Waals surface area contributed by atoms with Crippen LogP contribution in [-0.2, 0) is 20.7 Å². The number of piperidine rings is 1. The SMILES string of the molecule is COC(=O)C1(Cc2cnnc(N)c2)C[C@@H](C(F)(F)F)CNC1=O. The summed E-state index contributed by atoms with van der Waals surface area (Å²) in [4.78, 5) is 24.4. The van der Waals surface area contributed by atoms with E-state index in [1.54, 1.807) is 0 Å². The van der Waals surface area contributed by atoms with Gasteiger partial charge in [0.15, 0.2) is 5.41 Å². The maximum absolute atomic E-state index is 13.0. The Kier molecular flexibility index (Phi) is 4.44. The number of carbonyl (C=O) groups excluding carboxylic acids is 2. The Morgan fingerprint density at radius 3 is 2.83 bits per heavy atom. The van der Waals surface area contributed by atoms with Crippen LogP contribution >= 0.6 is 0 Å². The standard InChI is InChI=1S/C13H15F3N4O3/c1-23-11(22)12(3-7-2-9(17)20-19-5-7)4-8(13(14,15)16)6-18-10(12)21/h2,5,8H,3-4,6H2,1H3,(H2,17,20)(H,18,21)/t8-,12?/m1/s1. The summed E-state index contributed by atoms with van der Waals surface area (Å²) in [5, 5.41) is 9.26. The van der Waals surface area contributed by atoms with Gasteiger partial charge in [-0.1, -0.05) is 0 Å². The first-order valence-electron chi connectivity index (χ1n) is 6.69. The van der Waals surface area contributed by atoms with Crippen LogP contribution in [0.25, 0.3) is 0 Å². The van der Waals surface area contributed by atoms with Crippen molar-refractivity contribution in [3.05, 3.63) is 17.8 Å². The zero-order chi connectivity index (χ0) is 17.3. The van der Waals surface area contributed by atoms with Crippen molar-refractivity contribution in [2.24, 2.45) is 11.3 Å². The maximum atomic E-state index is 13.0. The second-order valence-corrected chi connectivity index (χ2v) is 5.39. The van der Waals surface area contributed by atoms with Gasteiger partial charge < -0.3 is 15.8 Å². The third-order valence-corrected chi connectivity index (χ3v) is 3.81. The predicted molar refractivity (Wildman–Crippen MR) is 71.8 cm³/mol. The number of nitrogens with zero attached hydrogens (tertiary/aromatic N) is 2. The predicted octanol–water partition coefficient (Wildman–Crippen LogP) is 0.459. The van der Waals surface area contributed by atoms with E-state index in [1.807, 2.05) is 0 Å². The quantitative estimate of drug-likeness (QED) is 0.615. The van der Waals surface area contributed by atoms with Gasteiger partial charge in [-0.05, 0) is 24.5 Å². The molecule has 2 atom stereocenters. The average Bonchev–Trinajstić information content (AvgIpc) is 2.47. The first-order valence-corrected chi connectivity index (χ1v) is 6.69. The van der Waals surface area contributed by atoms with Gasteiger partial charge in [-0.2, -0.15) is 18.3 Å². The molecular weight excluding hydrogens is 317 g/mol. The van der Waals surface area contributed by atoms with E-state index in [4.69, 9.17) is 5.73 Å². The summed E-state index contributed by atoms with van der Waals surface area (Å²) in [5.41, 5.74) is 3.81. The molecule has 126 valence electrons. The van der Waals surface area contributed by atoms with Crippen molar-refractivity contribution < 1.29 is 27.5 Å². The third-order valence-electron chi connectivity index (χ3n) is 3.81. The monoisotopic (exact) mass is 332 g/mol. The minimum absolute atomic E-state index is 0.0334. The molecule has 3 N–H and O–H groups in total. The van der Waals surface area contributed by atoms with Crippen LogP contribution in [0.1, 0.15) is 12.0 Å². The number of carbonyl (C=O) groups is 2. The largest absolute Gasteiger partial charge is 0.468 e. The molecule has 1 saturated heterocycles. The van der Waals surface area contributed by atoms with E-state index in [0.29, 0.717) is 5.56 Å². The van der Waals surface area contributed by atoms with Crippen LogP contribution in [0.5, 0.6) is 0 Å². The summed E-state index contributed by atoms with van der Waals surface area (Å²) >= 11 is 0. The Morgan fingerprint density at radius 1 is 1.57 bits per heavy atom. The fourth-order valence-corrected chi connectivity index (χ4v) is 2.67. The number of amides is 1. The molecule has 0 radical (unpaired) electrons. The van der Waals surface area contributed by atoms with E-state index < -0.39 is 42.4 Å². The number of nitrogen functional groups attached to an aromatic ring is 1. The average molecular weight is 332 g/mol. The molecule has 0 bridgehead atoms. The highest BCUT2D eigenvalue weighted by Gasteiger charge is 2.56. The lowest BCUT2D eigenvalue weighted by Gasteiger charge is -2.38. The number of methoxy groups -OCH3 is 1. The lowest BCUT2D eigenvalue weighted by molar-refractivity contribution is -0.195. The highest BCUT2D eigenvalue weighted by atomic mass is 19.4. The molecule has 10 heteroatoms. The van der Waals surface area contributed by atoms with Gasteiger partial charge in [0.1, 0.15) is 5.82 Å². The third kappa shape index (κ3) is 3.35. The molecular formula is C13H15F3N4O3. The molecule has 23 heavy (non-hydrogen) atoms. The number of anilines is 1. The van der Waals surface area contributed by atoms with Crippen LogP contribution < -0.4 is 11.1 Å². The summed E-state index contributed by atoms with van der Waals surface area (Å²) in [6, 6.07) is 1.35. The van der Waals surface area contributed by atoms with E-state index in [2.05, 4.69) is 20.3 Å². The molecule has 0 aliphatic carbocycles. The second kappa shape index (κ2) is 6.01. The Hall–Kier alpha value is -2.39. The molecule has 1 aliphatic rings. The number of alkyl halides is 3. The summed E-state index contributed by atoms with van der Waals surface area (Å²) in [7, 11) is 1.02. The van der Waals surface area contributed by atoms with E-state index in [1.165, 1.54) is 12.3 Å². The molecule has 2 rings (SSSR count). The minimum Gasteiger partial charge on any atom is -0.468 e. The smallest absolute Gasteiger partial charge is 0.393 e. The Labute approximate surface area is 129 Å². The minimum atomic E-state index is -4.54. The van der Waals surface area contributed by atoms with Crippen LogP contribution in [0.3, 0.4) is 0 Å². The first kappa shape index (κ1) is 17.0. The van der Waals surface area contributed by atoms with Crippen LogP contribution in [0.2, 0.25) is 0 Å². The summed E-state index contributed by atoms with van der Waals surface area (Å²) in [5.74, 6) is -3.64. The van der Waals surface area contributed by atoms with Gasteiger partial charge in [0.25, 0.3) is 0 Å². The molecule has 1 aliphatic heterocycles. The number of rotatable bonds is 3. The number of halogens is 3. The molecule has 2 heterocycles. The van der Waals surface area contributed by atoms with Crippen molar-refractivity contribution >= 4 is 17.7 Å². The van der Waals surface area contributed by atoms with E-state index in [-0.39, 0.29) is 12.2 Å². The van der Waals surface area contributed by atoms with Gasteiger partial charge >= 0.3 is 12.1 Å². The Bertz CT molecular complexity index is 613.